The van der Waals surface area contributed by atoms with E-state index in [0.29, 0.717) is 13.2 Å². The summed E-state index contributed by atoms with van der Waals surface area (Å²) in [5.74, 6) is 2.39. The number of halogens is 1. The number of carbonyl (C=O) groups is 1. The highest BCUT2D eigenvalue weighted by atomic mass is 127. The van der Waals surface area contributed by atoms with Crippen molar-refractivity contribution >= 4 is 35.9 Å². The van der Waals surface area contributed by atoms with Crippen molar-refractivity contribution in [1.82, 2.24) is 10.2 Å². The Hall–Kier alpha value is -1.71. The lowest BCUT2D eigenvalue weighted by Gasteiger charge is -2.33. The maximum absolute atomic E-state index is 11.9. The van der Waals surface area contributed by atoms with Crippen LogP contribution < -0.4 is 14.8 Å². The van der Waals surface area contributed by atoms with E-state index in [0.717, 1.165) is 49.9 Å². The van der Waals surface area contributed by atoms with Crippen molar-refractivity contribution in [3.05, 3.63) is 24.3 Å². The number of benzene rings is 1. The molecule has 0 amide bonds. The Morgan fingerprint density at radius 3 is 2.38 bits per heavy atom. The summed E-state index contributed by atoms with van der Waals surface area (Å²) < 4.78 is 16.2. The topological polar surface area (TPSA) is 72.4 Å². The third-order valence-corrected chi connectivity index (χ3v) is 4.64. The molecule has 0 spiro atoms. The van der Waals surface area contributed by atoms with E-state index in [2.05, 4.69) is 17.1 Å². The van der Waals surface area contributed by atoms with E-state index in [1.54, 1.807) is 7.11 Å². The Kier molecular flexibility index (Phi) is 11.8. The number of piperidine rings is 1. The molecular formula is C21H34IN3O4. The van der Waals surface area contributed by atoms with Crippen LogP contribution in [-0.2, 0) is 9.53 Å². The smallest absolute Gasteiger partial charge is 0.309 e. The maximum Gasteiger partial charge on any atom is 0.309 e. The second kappa shape index (κ2) is 13.5. The number of methoxy groups -OCH3 is 1. The van der Waals surface area contributed by atoms with Crippen molar-refractivity contribution in [2.24, 2.45) is 10.9 Å². The molecule has 1 aliphatic heterocycles. The standard InChI is InChI=1S/C21H33N3O4.HI/c1-5-22-21(24-13-11-17(12-14-24)20(25)27-6-2)23-15-16(3)28-19-9-7-18(26-4)8-10-19;/h7-10,16-17H,5-6,11-15H2,1-4H3,(H,22,23);1H. The predicted octanol–water partition coefficient (Wildman–Crippen LogP) is 3.32. The zero-order chi connectivity index (χ0) is 20.4. The second-order valence-electron chi connectivity index (χ2n) is 6.81. The van der Waals surface area contributed by atoms with Crippen molar-refractivity contribution in [1.29, 1.82) is 0 Å². The van der Waals surface area contributed by atoms with Crippen LogP contribution in [0.2, 0.25) is 0 Å². The fraction of sp³-hybridized carbons (Fsp3) is 0.619. The number of aliphatic imine (C=N–C) groups is 1. The fourth-order valence-electron chi connectivity index (χ4n) is 3.15. The van der Waals surface area contributed by atoms with Crippen molar-refractivity contribution in [2.45, 2.75) is 39.7 Å². The first-order valence-electron chi connectivity index (χ1n) is 10.1. The van der Waals surface area contributed by atoms with Crippen LogP contribution in [-0.4, -0.2) is 62.8 Å². The van der Waals surface area contributed by atoms with Gasteiger partial charge in [-0.2, -0.15) is 0 Å². The lowest BCUT2D eigenvalue weighted by Crippen LogP contribution is -2.47. The number of rotatable bonds is 8. The van der Waals surface area contributed by atoms with Gasteiger partial charge in [-0.25, -0.2) is 4.99 Å². The van der Waals surface area contributed by atoms with E-state index in [-0.39, 0.29) is 42.0 Å². The van der Waals surface area contributed by atoms with Crippen LogP contribution in [0.3, 0.4) is 0 Å². The summed E-state index contributed by atoms with van der Waals surface area (Å²) in [5, 5.41) is 3.34. The number of hydrogen-bond donors (Lipinski definition) is 1. The van der Waals surface area contributed by atoms with Crippen LogP contribution in [0.1, 0.15) is 33.6 Å². The first-order chi connectivity index (χ1) is 13.6. The molecule has 2 rings (SSSR count). The number of ether oxygens (including phenoxy) is 3. The molecule has 1 saturated heterocycles. The van der Waals surface area contributed by atoms with Gasteiger partial charge >= 0.3 is 5.97 Å². The average molecular weight is 519 g/mol. The number of likely N-dealkylation sites (tertiary alicyclic amines) is 1. The van der Waals surface area contributed by atoms with Crippen molar-refractivity contribution in [3.8, 4) is 11.5 Å². The van der Waals surface area contributed by atoms with E-state index in [9.17, 15) is 4.79 Å². The Morgan fingerprint density at radius 2 is 1.83 bits per heavy atom. The van der Waals surface area contributed by atoms with Gasteiger partial charge in [0.25, 0.3) is 0 Å². The van der Waals surface area contributed by atoms with Gasteiger partial charge in [-0.05, 0) is 57.9 Å². The van der Waals surface area contributed by atoms with Gasteiger partial charge in [-0.3, -0.25) is 4.79 Å². The molecule has 1 aromatic rings. The van der Waals surface area contributed by atoms with Gasteiger partial charge < -0.3 is 24.4 Å². The summed E-state index contributed by atoms with van der Waals surface area (Å²) in [6.07, 6.45) is 1.53. The predicted molar refractivity (Wildman–Crippen MR) is 125 cm³/mol. The molecule has 164 valence electrons. The Balaban J connectivity index is 0.00000420. The molecule has 1 aromatic carbocycles. The average Bonchev–Trinajstić information content (AvgIpc) is 2.72. The highest BCUT2D eigenvalue weighted by molar-refractivity contribution is 14.0. The first-order valence-corrected chi connectivity index (χ1v) is 10.1. The fourth-order valence-corrected chi connectivity index (χ4v) is 3.15. The summed E-state index contributed by atoms with van der Waals surface area (Å²) in [5.41, 5.74) is 0. The zero-order valence-electron chi connectivity index (χ0n) is 17.8. The summed E-state index contributed by atoms with van der Waals surface area (Å²) in [7, 11) is 1.64. The quantitative estimate of drug-likeness (QED) is 0.246. The first kappa shape index (κ1) is 25.3. The van der Waals surface area contributed by atoms with Crippen LogP contribution in [0.5, 0.6) is 11.5 Å². The van der Waals surface area contributed by atoms with Gasteiger partial charge in [-0.15, -0.1) is 24.0 Å². The number of hydrogen-bond acceptors (Lipinski definition) is 5. The molecule has 1 aliphatic rings. The molecule has 29 heavy (non-hydrogen) atoms. The number of nitrogens with zero attached hydrogens (tertiary/aromatic N) is 2. The summed E-state index contributed by atoms with van der Waals surface area (Å²) in [6.45, 7) is 9.28. The lowest BCUT2D eigenvalue weighted by atomic mass is 9.97. The summed E-state index contributed by atoms with van der Waals surface area (Å²) in [4.78, 5) is 18.9. The van der Waals surface area contributed by atoms with Gasteiger partial charge in [0.05, 0.1) is 26.2 Å². The summed E-state index contributed by atoms with van der Waals surface area (Å²) >= 11 is 0. The van der Waals surface area contributed by atoms with E-state index >= 15 is 0 Å². The molecule has 0 saturated carbocycles. The number of carbonyl (C=O) groups excluding carboxylic acids is 1. The molecular weight excluding hydrogens is 485 g/mol. The summed E-state index contributed by atoms with van der Waals surface area (Å²) in [6, 6.07) is 7.54. The van der Waals surface area contributed by atoms with Gasteiger partial charge in [0.1, 0.15) is 17.6 Å². The molecule has 7 nitrogen and oxygen atoms in total. The molecule has 1 fully saturated rings. The van der Waals surface area contributed by atoms with Crippen LogP contribution in [0.15, 0.2) is 29.3 Å². The van der Waals surface area contributed by atoms with E-state index in [1.807, 2.05) is 38.1 Å². The highest BCUT2D eigenvalue weighted by Crippen LogP contribution is 2.20. The van der Waals surface area contributed by atoms with Gasteiger partial charge in [-0.1, -0.05) is 0 Å². The SMILES string of the molecule is CCNC(=NCC(C)Oc1ccc(OC)cc1)N1CCC(C(=O)OCC)CC1.I. The minimum atomic E-state index is -0.0781. The van der Waals surface area contributed by atoms with Gasteiger partial charge in [0.2, 0.25) is 0 Å². The molecule has 0 aliphatic carbocycles. The van der Waals surface area contributed by atoms with Crippen molar-refractivity contribution in [3.63, 3.8) is 0 Å². The molecule has 1 atom stereocenters. The largest absolute Gasteiger partial charge is 0.497 e. The van der Waals surface area contributed by atoms with Gasteiger partial charge in [0.15, 0.2) is 5.96 Å². The highest BCUT2D eigenvalue weighted by Gasteiger charge is 2.27. The zero-order valence-corrected chi connectivity index (χ0v) is 20.2. The van der Waals surface area contributed by atoms with Crippen LogP contribution in [0.25, 0.3) is 0 Å². The van der Waals surface area contributed by atoms with E-state index < -0.39 is 0 Å². The van der Waals surface area contributed by atoms with Crippen LogP contribution in [0.4, 0.5) is 0 Å². The Labute approximate surface area is 191 Å². The number of guanidine groups is 1. The third-order valence-electron chi connectivity index (χ3n) is 4.64. The maximum atomic E-state index is 11.9. The monoisotopic (exact) mass is 519 g/mol. The normalized spacial score (nSPS) is 15.9. The molecule has 0 radical (unpaired) electrons. The minimum absolute atomic E-state index is 0. The van der Waals surface area contributed by atoms with E-state index in [4.69, 9.17) is 19.2 Å². The third kappa shape index (κ3) is 8.28. The Bertz CT molecular complexity index is 631. The molecule has 8 heteroatoms. The van der Waals surface area contributed by atoms with Crippen LogP contribution in [0, 0.1) is 5.92 Å². The van der Waals surface area contributed by atoms with Gasteiger partial charge in [0, 0.05) is 19.6 Å². The molecule has 1 N–H and O–H groups in total. The molecule has 0 aromatic heterocycles. The number of esters is 1. The lowest BCUT2D eigenvalue weighted by molar-refractivity contribution is -0.149. The van der Waals surface area contributed by atoms with Crippen molar-refractivity contribution in [2.75, 3.05) is 39.9 Å². The second-order valence-corrected chi connectivity index (χ2v) is 6.81. The molecule has 1 unspecified atom stereocenters. The van der Waals surface area contributed by atoms with Crippen molar-refractivity contribution < 1.29 is 19.0 Å². The van der Waals surface area contributed by atoms with Crippen LogP contribution >= 0.6 is 24.0 Å². The minimum Gasteiger partial charge on any atom is -0.497 e. The molecule has 1 heterocycles. The van der Waals surface area contributed by atoms with E-state index in [1.165, 1.54) is 0 Å². The molecule has 0 bridgehead atoms. The number of nitrogens with one attached hydrogen (secondary N) is 1. The Morgan fingerprint density at radius 1 is 1.21 bits per heavy atom.